The first-order chi connectivity index (χ1) is 10.7. The molecule has 1 rings (SSSR count). The van der Waals surface area contributed by atoms with E-state index in [2.05, 4.69) is 10.3 Å². The highest BCUT2D eigenvalue weighted by molar-refractivity contribution is 7.98. The molecule has 128 valence electrons. The summed E-state index contributed by atoms with van der Waals surface area (Å²) in [6.07, 6.45) is 1.36. The molecule has 0 aliphatic carbocycles. The van der Waals surface area contributed by atoms with E-state index in [0.717, 1.165) is 11.3 Å². The van der Waals surface area contributed by atoms with Crippen LogP contribution >= 0.6 is 11.8 Å². The van der Waals surface area contributed by atoms with E-state index in [4.69, 9.17) is 4.74 Å². The van der Waals surface area contributed by atoms with E-state index in [-0.39, 0.29) is 0 Å². The molecule has 1 aromatic rings. The molecule has 0 aliphatic heterocycles. The molecule has 0 fully saturated rings. The number of thioether (sulfide) groups is 1. The Morgan fingerprint density at radius 3 is 2.70 bits per heavy atom. The first-order valence-electron chi connectivity index (χ1n) is 7.39. The zero-order valence-corrected chi connectivity index (χ0v) is 14.8. The van der Waals surface area contributed by atoms with Gasteiger partial charge in [0, 0.05) is 11.9 Å². The van der Waals surface area contributed by atoms with E-state index in [1.165, 1.54) is 0 Å². The average Bonchev–Trinajstić information content (AvgIpc) is 2.41. The molecule has 0 aliphatic rings. The fourth-order valence-electron chi connectivity index (χ4n) is 1.75. The van der Waals surface area contributed by atoms with Crippen molar-refractivity contribution in [2.75, 3.05) is 5.75 Å². The zero-order chi connectivity index (χ0) is 17.5. The van der Waals surface area contributed by atoms with E-state index < -0.39 is 23.7 Å². The van der Waals surface area contributed by atoms with Gasteiger partial charge in [-0.3, -0.25) is 4.98 Å². The third kappa shape index (κ3) is 7.88. The Kier molecular flexibility index (Phi) is 7.35. The fourth-order valence-corrected chi connectivity index (χ4v) is 2.79. The van der Waals surface area contributed by atoms with E-state index >= 15 is 0 Å². The number of carboxylic acids is 1. The van der Waals surface area contributed by atoms with Gasteiger partial charge in [-0.2, -0.15) is 11.8 Å². The fraction of sp³-hybridized carbons (Fsp3) is 0.562. The summed E-state index contributed by atoms with van der Waals surface area (Å²) >= 11 is 1.59. The van der Waals surface area contributed by atoms with Gasteiger partial charge in [-0.25, -0.2) is 9.59 Å². The maximum absolute atomic E-state index is 11.7. The number of aliphatic carboxylic acids is 1. The highest BCUT2D eigenvalue weighted by atomic mass is 32.2. The number of hydrogen-bond acceptors (Lipinski definition) is 5. The van der Waals surface area contributed by atoms with Crippen molar-refractivity contribution in [2.24, 2.45) is 0 Å². The maximum Gasteiger partial charge on any atom is 0.408 e. The van der Waals surface area contributed by atoms with Crippen LogP contribution in [0.5, 0.6) is 0 Å². The van der Waals surface area contributed by atoms with Gasteiger partial charge in [-0.05, 0) is 51.5 Å². The number of hydrogen-bond donors (Lipinski definition) is 2. The van der Waals surface area contributed by atoms with Crippen LogP contribution in [-0.2, 0) is 15.3 Å². The van der Waals surface area contributed by atoms with E-state index in [9.17, 15) is 14.7 Å². The Labute approximate surface area is 141 Å². The Bertz CT molecular complexity index is 543. The summed E-state index contributed by atoms with van der Waals surface area (Å²) < 4.78 is 5.08. The van der Waals surface area contributed by atoms with Crippen LogP contribution in [0.3, 0.4) is 0 Å². The average molecular weight is 340 g/mol. The second-order valence-electron chi connectivity index (χ2n) is 6.15. The minimum absolute atomic E-state index is 0.325. The van der Waals surface area contributed by atoms with Crippen LogP contribution < -0.4 is 5.32 Å². The quantitative estimate of drug-likeness (QED) is 0.742. The third-order valence-electron chi connectivity index (χ3n) is 2.90. The molecule has 0 saturated heterocycles. The molecule has 0 bridgehead atoms. The standard InChI is InChI=1S/C16H24N2O4S/c1-11-6-5-8-17-13(11)10-23-9-7-12(14(19)20)18-15(21)22-16(2,3)4/h5-6,8,12H,7,9-10H2,1-4H3,(H,18,21)(H,19,20). The van der Waals surface area contributed by atoms with Crippen LogP contribution in [0.25, 0.3) is 0 Å². The monoisotopic (exact) mass is 340 g/mol. The number of amides is 1. The first-order valence-corrected chi connectivity index (χ1v) is 8.55. The Morgan fingerprint density at radius 1 is 1.43 bits per heavy atom. The lowest BCUT2D eigenvalue weighted by molar-refractivity contribution is -0.139. The van der Waals surface area contributed by atoms with Crippen molar-refractivity contribution >= 4 is 23.8 Å². The summed E-state index contributed by atoms with van der Waals surface area (Å²) in [6.45, 7) is 7.18. The van der Waals surface area contributed by atoms with Crippen LogP contribution in [0, 0.1) is 6.92 Å². The topological polar surface area (TPSA) is 88.5 Å². The van der Waals surface area contributed by atoms with Crippen molar-refractivity contribution in [3.05, 3.63) is 29.6 Å². The summed E-state index contributed by atoms with van der Waals surface area (Å²) in [5.41, 5.74) is 1.45. The Hall–Kier alpha value is -1.76. The second kappa shape index (κ2) is 8.76. The number of aromatic nitrogens is 1. The summed E-state index contributed by atoms with van der Waals surface area (Å²) in [7, 11) is 0. The zero-order valence-electron chi connectivity index (χ0n) is 14.0. The molecular weight excluding hydrogens is 316 g/mol. The predicted octanol–water partition coefficient (Wildman–Crippen LogP) is 2.99. The van der Waals surface area contributed by atoms with Gasteiger partial charge < -0.3 is 15.2 Å². The molecule has 2 N–H and O–H groups in total. The molecule has 1 unspecified atom stereocenters. The highest BCUT2D eigenvalue weighted by Gasteiger charge is 2.23. The van der Waals surface area contributed by atoms with Crippen LogP contribution in [0.2, 0.25) is 0 Å². The lowest BCUT2D eigenvalue weighted by Crippen LogP contribution is -2.43. The molecule has 1 aromatic heterocycles. The van der Waals surface area contributed by atoms with Crippen molar-refractivity contribution < 1.29 is 19.4 Å². The van der Waals surface area contributed by atoms with Crippen molar-refractivity contribution in [3.8, 4) is 0 Å². The van der Waals surface area contributed by atoms with Gasteiger partial charge >= 0.3 is 12.1 Å². The largest absolute Gasteiger partial charge is 0.480 e. The van der Waals surface area contributed by atoms with Gasteiger partial charge in [0.15, 0.2) is 0 Å². The predicted molar refractivity (Wildman–Crippen MR) is 90.5 cm³/mol. The number of carbonyl (C=O) groups excluding carboxylic acids is 1. The summed E-state index contributed by atoms with van der Waals surface area (Å²) in [6, 6.07) is 2.92. The lowest BCUT2D eigenvalue weighted by atomic mass is 10.2. The van der Waals surface area contributed by atoms with Gasteiger partial charge in [-0.1, -0.05) is 6.07 Å². The molecule has 23 heavy (non-hydrogen) atoms. The van der Waals surface area contributed by atoms with Gasteiger partial charge in [-0.15, -0.1) is 0 Å². The number of aryl methyl sites for hydroxylation is 1. The van der Waals surface area contributed by atoms with Crippen molar-refractivity contribution in [3.63, 3.8) is 0 Å². The van der Waals surface area contributed by atoms with Crippen LogP contribution in [0.4, 0.5) is 4.79 Å². The lowest BCUT2D eigenvalue weighted by Gasteiger charge is -2.21. The number of carbonyl (C=O) groups is 2. The Balaban J connectivity index is 2.41. The third-order valence-corrected chi connectivity index (χ3v) is 3.90. The van der Waals surface area contributed by atoms with Gasteiger partial charge in [0.1, 0.15) is 11.6 Å². The van der Waals surface area contributed by atoms with Crippen molar-refractivity contribution in [1.82, 2.24) is 10.3 Å². The van der Waals surface area contributed by atoms with E-state index in [0.29, 0.717) is 17.9 Å². The molecule has 1 atom stereocenters. The minimum atomic E-state index is -1.06. The molecule has 1 amide bonds. The maximum atomic E-state index is 11.7. The molecule has 0 saturated carbocycles. The SMILES string of the molecule is Cc1cccnc1CSCCC(NC(=O)OC(C)(C)C)C(=O)O. The molecule has 1 heterocycles. The normalized spacial score (nSPS) is 12.5. The molecule has 0 spiro atoms. The number of alkyl carbamates (subject to hydrolysis) is 1. The summed E-state index contributed by atoms with van der Waals surface area (Å²) in [4.78, 5) is 27.2. The second-order valence-corrected chi connectivity index (χ2v) is 7.25. The van der Waals surface area contributed by atoms with Crippen molar-refractivity contribution in [2.45, 2.75) is 51.5 Å². The first kappa shape index (κ1) is 19.3. The number of ether oxygens (including phenoxy) is 1. The Morgan fingerprint density at radius 2 is 2.13 bits per heavy atom. The molecule has 7 heteroatoms. The number of pyridine rings is 1. The van der Waals surface area contributed by atoms with Gasteiger partial charge in [0.05, 0.1) is 5.69 Å². The van der Waals surface area contributed by atoms with Gasteiger partial charge in [0.2, 0.25) is 0 Å². The smallest absolute Gasteiger partial charge is 0.408 e. The van der Waals surface area contributed by atoms with Crippen LogP contribution in [-0.4, -0.2) is 39.5 Å². The number of rotatable bonds is 7. The van der Waals surface area contributed by atoms with Gasteiger partial charge in [0.25, 0.3) is 0 Å². The molecule has 0 aromatic carbocycles. The summed E-state index contributed by atoms with van der Waals surface area (Å²) in [5, 5.41) is 11.6. The number of carboxylic acid groups (broad SMARTS) is 1. The number of nitrogens with zero attached hydrogens (tertiary/aromatic N) is 1. The van der Waals surface area contributed by atoms with Crippen LogP contribution in [0.15, 0.2) is 18.3 Å². The molecule has 0 radical (unpaired) electrons. The van der Waals surface area contributed by atoms with Crippen LogP contribution in [0.1, 0.15) is 38.4 Å². The summed E-state index contributed by atoms with van der Waals surface area (Å²) in [5.74, 6) is 0.249. The van der Waals surface area contributed by atoms with Crippen molar-refractivity contribution in [1.29, 1.82) is 0 Å². The van der Waals surface area contributed by atoms with E-state index in [1.54, 1.807) is 38.7 Å². The highest BCUT2D eigenvalue weighted by Crippen LogP contribution is 2.15. The van der Waals surface area contributed by atoms with E-state index in [1.807, 2.05) is 19.1 Å². The molecule has 6 nitrogen and oxygen atoms in total. The number of nitrogens with one attached hydrogen (secondary N) is 1. The molecular formula is C16H24N2O4S. The minimum Gasteiger partial charge on any atom is -0.480 e.